The molecule has 3 aromatic heterocycles. The molecule has 0 bridgehead atoms. The summed E-state index contributed by atoms with van der Waals surface area (Å²) in [6, 6.07) is 35.7. The minimum absolute atomic E-state index is 0. The fraction of sp³-hybridized carbons (Fsp3) is 0.385. The van der Waals surface area contributed by atoms with Gasteiger partial charge in [0.25, 0.3) is 6.33 Å². The maximum absolute atomic E-state index is 6.79. The molecule has 0 N–H and O–H groups in total. The van der Waals surface area contributed by atoms with Crippen LogP contribution in [-0.4, -0.2) is 14.1 Å². The summed E-state index contributed by atoms with van der Waals surface area (Å²) in [4.78, 5) is 4.87. The predicted molar refractivity (Wildman–Crippen MR) is 236 cm³/mol. The van der Waals surface area contributed by atoms with Gasteiger partial charge in [-0.15, -0.1) is 29.7 Å². The zero-order valence-electron chi connectivity index (χ0n) is 36.7. The van der Waals surface area contributed by atoms with Crippen molar-refractivity contribution < 1.29 is 30.4 Å². The quantitative estimate of drug-likeness (QED) is 0.107. The third kappa shape index (κ3) is 9.21. The molecule has 0 saturated carbocycles. The molecule has 7 rings (SSSR count). The van der Waals surface area contributed by atoms with Crippen molar-refractivity contribution in [3.8, 4) is 28.7 Å². The van der Waals surface area contributed by atoms with Crippen LogP contribution in [-0.2, 0) is 50.2 Å². The van der Waals surface area contributed by atoms with Crippen molar-refractivity contribution in [2.24, 2.45) is 11.8 Å². The van der Waals surface area contributed by atoms with Crippen LogP contribution in [0.4, 0.5) is 0 Å². The fourth-order valence-corrected chi connectivity index (χ4v) is 7.71. The molecule has 0 atom stereocenters. The number of benzene rings is 4. The van der Waals surface area contributed by atoms with Crippen LogP contribution in [0.15, 0.2) is 91.3 Å². The number of nitrogens with zero attached hydrogens (tertiary/aromatic N) is 4. The first-order valence-corrected chi connectivity index (χ1v) is 20.6. The summed E-state index contributed by atoms with van der Waals surface area (Å²) >= 11 is 0. The Morgan fingerprint density at radius 3 is 1.95 bits per heavy atom. The van der Waals surface area contributed by atoms with E-state index in [9.17, 15) is 0 Å². The van der Waals surface area contributed by atoms with Gasteiger partial charge in [-0.1, -0.05) is 131 Å². The summed E-state index contributed by atoms with van der Waals surface area (Å²) < 4.78 is 13.4. The van der Waals surface area contributed by atoms with E-state index in [0.717, 1.165) is 63.1 Å². The van der Waals surface area contributed by atoms with Gasteiger partial charge >= 0.3 is 0 Å². The molecule has 7 aromatic rings. The average Bonchev–Trinajstić information content (AvgIpc) is 3.71. The van der Waals surface area contributed by atoms with Gasteiger partial charge in [-0.2, -0.15) is 17.7 Å². The number of para-hydroxylation sites is 1. The Bertz CT molecular complexity index is 2540. The third-order valence-electron chi connectivity index (χ3n) is 10.6. The molecular weight excluding hydrogens is 892 g/mol. The number of rotatable bonds is 9. The number of ether oxygens (including phenoxy) is 1. The van der Waals surface area contributed by atoms with Crippen LogP contribution in [0.2, 0.25) is 0 Å². The van der Waals surface area contributed by atoms with Crippen LogP contribution in [0.5, 0.6) is 11.5 Å². The molecule has 0 saturated heterocycles. The molecule has 3 heterocycles. The first kappa shape index (κ1) is 43.1. The van der Waals surface area contributed by atoms with Crippen LogP contribution >= 0.6 is 0 Å². The molecule has 0 aliphatic heterocycles. The van der Waals surface area contributed by atoms with Crippen LogP contribution in [0.3, 0.4) is 0 Å². The minimum atomic E-state index is -0.171. The van der Waals surface area contributed by atoms with Crippen molar-refractivity contribution in [3.63, 3.8) is 0 Å². The molecule has 0 unspecified atom stereocenters. The Morgan fingerprint density at radius 2 is 1.33 bits per heavy atom. The van der Waals surface area contributed by atoms with E-state index in [0.29, 0.717) is 23.3 Å². The van der Waals surface area contributed by atoms with E-state index in [1.807, 2.05) is 12.3 Å². The van der Waals surface area contributed by atoms with Crippen molar-refractivity contribution in [2.75, 3.05) is 0 Å². The Labute approximate surface area is 361 Å². The number of hydrogen-bond acceptors (Lipinski definition) is 2. The van der Waals surface area contributed by atoms with Gasteiger partial charge in [0.2, 0.25) is 0 Å². The second-order valence-corrected chi connectivity index (χ2v) is 19.8. The maximum Gasteiger partial charge on any atom is 0.267 e. The number of fused-ring (bicyclic) bond motifs is 3. The van der Waals surface area contributed by atoms with E-state index in [-0.39, 0.29) is 37.3 Å². The molecule has 0 fully saturated rings. The Balaban J connectivity index is 0.00000567. The largest absolute Gasteiger partial charge is 0.510 e. The standard InChI is InChI=1S/C52H60N4O.Pt/c1-34(2)22-36-24-37(23-35(3)4)26-40(25-36)54-32-48(52(11,12)13)55(33-54)41-27-39(51(8,9)10)28-43(30-41)57-42-18-19-45-44-16-14-15-17-46(44)56(47(45)31-42)49-29-38(20-21-53-49)50(5,6)7;/h14-21,24-29,32,34-35H,22-23H2,1-13H3;/q-2;. The molecule has 5 nitrogen and oxygen atoms in total. The molecule has 6 heteroatoms. The van der Waals surface area contributed by atoms with E-state index >= 15 is 0 Å². The molecule has 0 radical (unpaired) electrons. The van der Waals surface area contributed by atoms with Crippen molar-refractivity contribution in [1.82, 2.24) is 14.1 Å². The number of aromatic nitrogens is 4. The van der Waals surface area contributed by atoms with E-state index in [2.05, 4.69) is 201 Å². The monoisotopic (exact) mass is 951 g/mol. The molecule has 58 heavy (non-hydrogen) atoms. The normalized spacial score (nSPS) is 12.5. The fourth-order valence-electron chi connectivity index (χ4n) is 7.71. The predicted octanol–water partition coefficient (Wildman–Crippen LogP) is 12.7. The van der Waals surface area contributed by atoms with Gasteiger partial charge in [0.05, 0.1) is 11.4 Å². The van der Waals surface area contributed by atoms with E-state index in [4.69, 9.17) is 9.72 Å². The zero-order chi connectivity index (χ0) is 41.0. The third-order valence-corrected chi connectivity index (χ3v) is 10.6. The first-order chi connectivity index (χ1) is 26.7. The van der Waals surface area contributed by atoms with Gasteiger partial charge in [-0.05, 0) is 87.9 Å². The molecule has 0 amide bonds. The summed E-state index contributed by atoms with van der Waals surface area (Å²) in [5, 5.41) is 2.25. The molecule has 0 aliphatic rings. The smallest absolute Gasteiger partial charge is 0.267 e. The van der Waals surface area contributed by atoms with Crippen LogP contribution in [0.1, 0.15) is 118 Å². The van der Waals surface area contributed by atoms with Gasteiger partial charge in [0.1, 0.15) is 5.82 Å². The number of pyridine rings is 1. The van der Waals surface area contributed by atoms with Gasteiger partial charge in [-0.25, -0.2) is 4.98 Å². The van der Waals surface area contributed by atoms with E-state index in [1.54, 1.807) is 0 Å². The summed E-state index contributed by atoms with van der Waals surface area (Å²) in [6.45, 7) is 29.4. The summed E-state index contributed by atoms with van der Waals surface area (Å²) in [5.74, 6) is 3.26. The van der Waals surface area contributed by atoms with Crippen molar-refractivity contribution in [3.05, 3.63) is 138 Å². The number of hydrogen-bond donors (Lipinski definition) is 0. The minimum Gasteiger partial charge on any atom is -0.510 e. The Morgan fingerprint density at radius 1 is 0.672 bits per heavy atom. The average molecular weight is 952 g/mol. The zero-order valence-corrected chi connectivity index (χ0v) is 39.0. The molecule has 0 aliphatic carbocycles. The second kappa shape index (κ2) is 16.3. The second-order valence-electron chi connectivity index (χ2n) is 19.8. The van der Waals surface area contributed by atoms with Crippen LogP contribution < -0.4 is 9.30 Å². The van der Waals surface area contributed by atoms with Gasteiger partial charge < -0.3 is 13.9 Å². The molecule has 306 valence electrons. The summed E-state index contributed by atoms with van der Waals surface area (Å²) in [7, 11) is 0. The van der Waals surface area contributed by atoms with Crippen molar-refractivity contribution >= 4 is 21.8 Å². The Hall–Kier alpha value is -4.47. The van der Waals surface area contributed by atoms with Crippen molar-refractivity contribution in [2.45, 2.75) is 119 Å². The summed E-state index contributed by atoms with van der Waals surface area (Å²) in [5.41, 5.74) is 9.94. The van der Waals surface area contributed by atoms with E-state index in [1.165, 1.54) is 16.7 Å². The van der Waals surface area contributed by atoms with Crippen molar-refractivity contribution in [1.29, 1.82) is 0 Å². The van der Waals surface area contributed by atoms with Gasteiger partial charge in [0, 0.05) is 50.5 Å². The van der Waals surface area contributed by atoms with Gasteiger partial charge in [0.15, 0.2) is 0 Å². The maximum atomic E-state index is 6.79. The first-order valence-electron chi connectivity index (χ1n) is 20.6. The topological polar surface area (TPSA) is 35.9 Å². The van der Waals surface area contributed by atoms with E-state index < -0.39 is 0 Å². The molecular formula is C52H60N4OPt-2. The van der Waals surface area contributed by atoms with Gasteiger partial charge in [-0.3, -0.25) is 4.57 Å². The molecule has 4 aromatic carbocycles. The number of imidazole rings is 1. The SMILES string of the molecule is CC(C)Cc1cc(CC(C)C)cc(-[n+]2[c-]n(-c3[c-]c(Oc4[c-]c5c(cc4)c4ccccc4n5-c4cc(C(C)(C)C)ccn4)cc(C(C)(C)C)c3)c(C(C)(C)C)c2)c1.[Pt]. The molecule has 0 spiro atoms. The van der Waals surface area contributed by atoms with Crippen LogP contribution in [0, 0.1) is 30.3 Å². The Kier molecular flexibility index (Phi) is 12.1. The summed E-state index contributed by atoms with van der Waals surface area (Å²) in [6.07, 6.45) is 9.99. The van der Waals surface area contributed by atoms with Crippen LogP contribution in [0.25, 0.3) is 39.0 Å².